The highest BCUT2D eigenvalue weighted by Gasteiger charge is 2.18. The van der Waals surface area contributed by atoms with E-state index in [0.717, 1.165) is 33.7 Å². The zero-order valence-electron chi connectivity index (χ0n) is 20.4. The summed E-state index contributed by atoms with van der Waals surface area (Å²) in [5, 5.41) is 34.4. The summed E-state index contributed by atoms with van der Waals surface area (Å²) < 4.78 is 11.3. The minimum Gasteiger partial charge on any atom is -0.490 e. The number of aromatic nitrogens is 2. The van der Waals surface area contributed by atoms with Gasteiger partial charge in [0.05, 0.1) is 11.5 Å². The highest BCUT2D eigenvalue weighted by atomic mass is 32.1. The van der Waals surface area contributed by atoms with Crippen LogP contribution in [0.1, 0.15) is 21.6 Å². The highest BCUT2D eigenvalue weighted by Crippen LogP contribution is 2.34. The molecule has 0 saturated carbocycles. The molecule has 3 rings (SSSR count). The number of aliphatic hydroxyl groups is 3. The fraction of sp³-hybridized carbons (Fsp3) is 0.458. The number of rotatable bonds is 12. The van der Waals surface area contributed by atoms with Crippen molar-refractivity contribution in [3.8, 4) is 27.9 Å². The van der Waals surface area contributed by atoms with Crippen molar-refractivity contribution >= 4 is 17.2 Å². The Kier molecular flexibility index (Phi) is 9.35. The lowest BCUT2D eigenvalue weighted by atomic mass is 10.1. The number of thiophene rings is 1. The van der Waals surface area contributed by atoms with E-state index >= 15 is 0 Å². The van der Waals surface area contributed by atoms with Crippen LogP contribution in [0, 0.1) is 20.8 Å². The van der Waals surface area contributed by atoms with Gasteiger partial charge in [-0.3, -0.25) is 9.69 Å². The average molecular weight is 505 g/mol. The van der Waals surface area contributed by atoms with Crippen LogP contribution < -0.4 is 10.1 Å². The number of carbonyl (C=O) groups excluding carboxylic acids is 1. The van der Waals surface area contributed by atoms with Gasteiger partial charge in [-0.25, -0.2) is 0 Å². The molecule has 1 unspecified atom stereocenters. The number of ether oxygens (including phenoxy) is 1. The Hall–Kier alpha value is -2.83. The van der Waals surface area contributed by atoms with Crippen molar-refractivity contribution in [3.63, 3.8) is 0 Å². The van der Waals surface area contributed by atoms with Gasteiger partial charge in [-0.05, 0) is 62.7 Å². The number of benzene rings is 1. The number of carbonyl (C=O) groups is 1. The normalized spacial score (nSPS) is 12.2. The van der Waals surface area contributed by atoms with Gasteiger partial charge in [-0.1, -0.05) is 5.16 Å². The van der Waals surface area contributed by atoms with Gasteiger partial charge >= 0.3 is 0 Å². The van der Waals surface area contributed by atoms with Crippen LogP contribution in [0.25, 0.3) is 22.2 Å². The topological polar surface area (TPSA) is 141 Å². The van der Waals surface area contributed by atoms with Crippen molar-refractivity contribution in [2.45, 2.75) is 33.4 Å². The van der Waals surface area contributed by atoms with Crippen molar-refractivity contribution in [1.29, 1.82) is 0 Å². The molecule has 0 aliphatic heterocycles. The second kappa shape index (κ2) is 12.2. The van der Waals surface area contributed by atoms with E-state index in [-0.39, 0.29) is 19.8 Å². The van der Waals surface area contributed by atoms with Gasteiger partial charge in [0.2, 0.25) is 11.7 Å². The van der Waals surface area contributed by atoms with Crippen LogP contribution >= 0.6 is 11.3 Å². The molecule has 0 radical (unpaired) electrons. The number of aryl methyl sites for hydroxylation is 3. The maximum Gasteiger partial charge on any atom is 0.268 e. The number of amides is 1. The van der Waals surface area contributed by atoms with Gasteiger partial charge in [0, 0.05) is 30.1 Å². The van der Waals surface area contributed by atoms with E-state index in [9.17, 15) is 9.90 Å². The maximum absolute atomic E-state index is 11.1. The van der Waals surface area contributed by atoms with Crippen LogP contribution in [0.15, 0.2) is 22.7 Å². The van der Waals surface area contributed by atoms with Gasteiger partial charge in [0.15, 0.2) is 0 Å². The second-order valence-corrected chi connectivity index (χ2v) is 9.60. The lowest BCUT2D eigenvalue weighted by molar-refractivity contribution is -0.124. The average Bonchev–Trinajstić information content (AvgIpc) is 3.44. The number of aliphatic hydroxyl groups excluding tert-OH is 3. The van der Waals surface area contributed by atoms with Crippen LogP contribution in [0.2, 0.25) is 0 Å². The van der Waals surface area contributed by atoms with Crippen molar-refractivity contribution in [3.05, 3.63) is 39.8 Å². The molecular formula is C24H32N4O6S. The molecule has 11 heteroatoms. The Morgan fingerprint density at radius 3 is 2.57 bits per heavy atom. The van der Waals surface area contributed by atoms with Crippen LogP contribution in [0.3, 0.4) is 0 Å². The number of likely N-dealkylation sites (N-methyl/N-ethyl adjacent to an activating group) is 1. The Morgan fingerprint density at radius 2 is 1.91 bits per heavy atom. The highest BCUT2D eigenvalue weighted by molar-refractivity contribution is 7.15. The molecule has 0 aliphatic rings. The first-order chi connectivity index (χ1) is 16.7. The molecule has 2 heterocycles. The third-order valence-electron chi connectivity index (χ3n) is 5.37. The van der Waals surface area contributed by atoms with E-state index in [1.807, 2.05) is 46.0 Å². The predicted molar refractivity (Wildman–Crippen MR) is 132 cm³/mol. The molecule has 1 amide bonds. The molecule has 2 aromatic heterocycles. The van der Waals surface area contributed by atoms with Crippen LogP contribution in [0.5, 0.6) is 5.75 Å². The SMILES string of the molecule is Cc1cc(-c2nc(-c3cc(C)c(OCC(O)CNC(=O)CO)c(C)c3)no2)sc1CN(C)CCO. The molecule has 3 aromatic rings. The molecule has 0 aliphatic carbocycles. The third kappa shape index (κ3) is 7.09. The van der Waals surface area contributed by atoms with E-state index in [1.165, 1.54) is 4.88 Å². The predicted octanol–water partition coefficient (Wildman–Crippen LogP) is 1.66. The quantitative estimate of drug-likeness (QED) is 0.290. The summed E-state index contributed by atoms with van der Waals surface area (Å²) in [6, 6.07) is 5.82. The van der Waals surface area contributed by atoms with E-state index in [4.69, 9.17) is 19.5 Å². The molecule has 10 nitrogen and oxygen atoms in total. The van der Waals surface area contributed by atoms with Crippen molar-refractivity contribution in [2.24, 2.45) is 0 Å². The summed E-state index contributed by atoms with van der Waals surface area (Å²) in [5.74, 6) is 1.00. The van der Waals surface area contributed by atoms with Crippen molar-refractivity contribution < 1.29 is 29.4 Å². The first-order valence-corrected chi connectivity index (χ1v) is 12.1. The fourth-order valence-electron chi connectivity index (χ4n) is 3.55. The van der Waals surface area contributed by atoms with Gasteiger partial charge in [-0.2, -0.15) is 4.98 Å². The molecule has 35 heavy (non-hydrogen) atoms. The monoisotopic (exact) mass is 504 g/mol. The molecule has 190 valence electrons. The molecule has 4 N–H and O–H groups in total. The molecule has 1 aromatic carbocycles. The minimum atomic E-state index is -0.911. The Labute approximate surface area is 208 Å². The maximum atomic E-state index is 11.1. The van der Waals surface area contributed by atoms with Crippen LogP contribution in [0.4, 0.5) is 0 Å². The number of hydrogen-bond acceptors (Lipinski definition) is 10. The largest absolute Gasteiger partial charge is 0.490 e. The molecule has 0 spiro atoms. The lowest BCUT2D eigenvalue weighted by Crippen LogP contribution is -2.36. The van der Waals surface area contributed by atoms with E-state index in [2.05, 4.69) is 20.4 Å². The zero-order valence-corrected chi connectivity index (χ0v) is 21.2. The third-order valence-corrected chi connectivity index (χ3v) is 6.58. The number of nitrogens with zero attached hydrogens (tertiary/aromatic N) is 3. The summed E-state index contributed by atoms with van der Waals surface area (Å²) >= 11 is 1.60. The standard InChI is InChI=1S/C24H32N4O6S/c1-14-9-19(35-20(14)11-28(4)5-6-29)24-26-23(27-34-24)17-7-15(2)22(16(3)8-17)33-13-18(31)10-25-21(32)12-30/h7-9,18,29-31H,5-6,10-13H2,1-4H3,(H,25,32). The summed E-state index contributed by atoms with van der Waals surface area (Å²) in [5.41, 5.74) is 3.62. The summed E-state index contributed by atoms with van der Waals surface area (Å²) in [7, 11) is 1.97. The molecule has 0 saturated heterocycles. The van der Waals surface area contributed by atoms with Gasteiger partial charge in [-0.15, -0.1) is 11.3 Å². The van der Waals surface area contributed by atoms with E-state index in [0.29, 0.717) is 24.0 Å². The lowest BCUT2D eigenvalue weighted by Gasteiger charge is -2.16. The van der Waals surface area contributed by atoms with Crippen LogP contribution in [-0.4, -0.2) is 82.3 Å². The molecular weight excluding hydrogens is 472 g/mol. The van der Waals surface area contributed by atoms with E-state index < -0.39 is 18.6 Å². The molecule has 1 atom stereocenters. The van der Waals surface area contributed by atoms with Gasteiger partial charge < -0.3 is 29.9 Å². The number of nitrogens with one attached hydrogen (secondary N) is 1. The Bertz CT molecular complexity index is 1120. The Balaban J connectivity index is 1.70. The zero-order chi connectivity index (χ0) is 25.5. The minimum absolute atomic E-state index is 0.00729. The first kappa shape index (κ1) is 26.8. The first-order valence-electron chi connectivity index (χ1n) is 11.2. The number of hydrogen-bond donors (Lipinski definition) is 4. The van der Waals surface area contributed by atoms with E-state index in [1.54, 1.807) is 11.3 Å². The second-order valence-electron chi connectivity index (χ2n) is 8.47. The summed E-state index contributed by atoms with van der Waals surface area (Å²) in [6.07, 6.45) is -0.911. The Morgan fingerprint density at radius 1 is 1.20 bits per heavy atom. The fourth-order valence-corrected chi connectivity index (χ4v) is 4.73. The molecule has 0 bridgehead atoms. The smallest absolute Gasteiger partial charge is 0.268 e. The molecule has 0 fully saturated rings. The van der Waals surface area contributed by atoms with Crippen molar-refractivity contribution in [2.75, 3.05) is 40.0 Å². The van der Waals surface area contributed by atoms with Crippen molar-refractivity contribution in [1.82, 2.24) is 20.4 Å². The van der Waals surface area contributed by atoms with Gasteiger partial charge in [0.25, 0.3) is 5.89 Å². The summed E-state index contributed by atoms with van der Waals surface area (Å²) in [4.78, 5) is 19.8. The summed E-state index contributed by atoms with van der Waals surface area (Å²) in [6.45, 7) is 6.65. The van der Waals surface area contributed by atoms with Gasteiger partial charge in [0.1, 0.15) is 25.1 Å². The van der Waals surface area contributed by atoms with Crippen LogP contribution in [-0.2, 0) is 11.3 Å².